The predicted octanol–water partition coefficient (Wildman–Crippen LogP) is 3.56. The van der Waals surface area contributed by atoms with Crippen LogP contribution in [0.25, 0.3) is 0 Å². The van der Waals surface area contributed by atoms with Crippen molar-refractivity contribution in [1.82, 2.24) is 5.32 Å². The average molecular weight is 284 g/mol. The maximum Gasteiger partial charge on any atom is 0.129 e. The van der Waals surface area contributed by atoms with Crippen molar-refractivity contribution >= 4 is 0 Å². The second kappa shape index (κ2) is 6.87. The number of benzene rings is 2. The van der Waals surface area contributed by atoms with E-state index in [1.807, 2.05) is 37.3 Å². The molecule has 0 saturated heterocycles. The molecule has 0 aliphatic heterocycles. The first-order valence-electron chi connectivity index (χ1n) is 6.70. The van der Waals surface area contributed by atoms with Crippen LogP contribution < -0.4 is 10.1 Å². The van der Waals surface area contributed by atoms with Crippen LogP contribution in [0.5, 0.6) is 5.75 Å². The summed E-state index contributed by atoms with van der Waals surface area (Å²) >= 11 is 0. The Morgan fingerprint density at radius 2 is 2.10 bits per heavy atom. The van der Waals surface area contributed by atoms with Crippen molar-refractivity contribution in [3.05, 3.63) is 65.0 Å². The molecule has 2 rings (SSSR count). The van der Waals surface area contributed by atoms with Crippen LogP contribution in [0.4, 0.5) is 4.39 Å². The Balaban J connectivity index is 2.04. The van der Waals surface area contributed by atoms with Gasteiger partial charge in [-0.05, 0) is 36.8 Å². The van der Waals surface area contributed by atoms with Crippen LogP contribution >= 0.6 is 0 Å². The van der Waals surface area contributed by atoms with Gasteiger partial charge >= 0.3 is 0 Å². The first-order chi connectivity index (χ1) is 10.1. The van der Waals surface area contributed by atoms with Gasteiger partial charge in [0.05, 0.1) is 18.7 Å². The topological polar surface area (TPSA) is 45.0 Å². The van der Waals surface area contributed by atoms with E-state index in [2.05, 4.69) is 5.32 Å². The van der Waals surface area contributed by atoms with Crippen LogP contribution in [-0.2, 0) is 6.54 Å². The van der Waals surface area contributed by atoms with Crippen molar-refractivity contribution in [2.45, 2.75) is 19.5 Å². The number of hydrogen-bond donors (Lipinski definition) is 1. The van der Waals surface area contributed by atoms with Gasteiger partial charge < -0.3 is 10.1 Å². The zero-order chi connectivity index (χ0) is 15.2. The molecule has 0 amide bonds. The van der Waals surface area contributed by atoms with Gasteiger partial charge in [0.25, 0.3) is 0 Å². The van der Waals surface area contributed by atoms with E-state index >= 15 is 0 Å². The van der Waals surface area contributed by atoms with Crippen molar-refractivity contribution in [2.75, 3.05) is 7.11 Å². The van der Waals surface area contributed by atoms with Gasteiger partial charge in [-0.3, -0.25) is 0 Å². The van der Waals surface area contributed by atoms with Crippen LogP contribution in [0.2, 0.25) is 0 Å². The molecule has 0 unspecified atom stereocenters. The van der Waals surface area contributed by atoms with Gasteiger partial charge in [-0.15, -0.1) is 0 Å². The lowest BCUT2D eigenvalue weighted by Gasteiger charge is -2.15. The molecule has 0 bridgehead atoms. The molecule has 0 aromatic heterocycles. The summed E-state index contributed by atoms with van der Waals surface area (Å²) in [6, 6.07) is 14.3. The highest BCUT2D eigenvalue weighted by Gasteiger charge is 2.08. The Kier molecular flexibility index (Phi) is 4.91. The normalized spacial score (nSPS) is 11.7. The van der Waals surface area contributed by atoms with Gasteiger partial charge in [0, 0.05) is 18.2 Å². The fourth-order valence-electron chi connectivity index (χ4n) is 2.05. The lowest BCUT2D eigenvalue weighted by molar-refractivity contribution is 0.413. The zero-order valence-corrected chi connectivity index (χ0v) is 12.1. The van der Waals surface area contributed by atoms with Crippen molar-refractivity contribution in [3.63, 3.8) is 0 Å². The molecule has 0 radical (unpaired) electrons. The first kappa shape index (κ1) is 15.0. The minimum Gasteiger partial charge on any atom is -0.497 e. The van der Waals surface area contributed by atoms with Crippen LogP contribution in [0.15, 0.2) is 42.5 Å². The summed E-state index contributed by atoms with van der Waals surface area (Å²) in [4.78, 5) is 0. The molecule has 1 atom stereocenters. The number of nitriles is 1. The van der Waals surface area contributed by atoms with E-state index in [4.69, 9.17) is 10.00 Å². The largest absolute Gasteiger partial charge is 0.497 e. The highest BCUT2D eigenvalue weighted by molar-refractivity contribution is 5.33. The van der Waals surface area contributed by atoms with E-state index < -0.39 is 0 Å². The maximum absolute atomic E-state index is 13.8. The molecule has 2 aromatic rings. The van der Waals surface area contributed by atoms with Crippen molar-refractivity contribution in [2.24, 2.45) is 0 Å². The lowest BCUT2D eigenvalue weighted by atomic mass is 10.1. The Hall–Kier alpha value is -2.38. The van der Waals surface area contributed by atoms with Crippen LogP contribution in [0.1, 0.15) is 29.7 Å². The van der Waals surface area contributed by atoms with Crippen LogP contribution in [-0.4, -0.2) is 7.11 Å². The molecule has 0 spiro atoms. The molecule has 0 saturated carbocycles. The summed E-state index contributed by atoms with van der Waals surface area (Å²) in [6.45, 7) is 2.41. The van der Waals surface area contributed by atoms with E-state index in [1.54, 1.807) is 19.2 Å². The van der Waals surface area contributed by atoms with Crippen molar-refractivity contribution < 1.29 is 9.13 Å². The highest BCUT2D eigenvalue weighted by Crippen LogP contribution is 2.19. The third-order valence-corrected chi connectivity index (χ3v) is 3.37. The Labute approximate surface area is 124 Å². The summed E-state index contributed by atoms with van der Waals surface area (Å²) in [5, 5.41) is 12.0. The van der Waals surface area contributed by atoms with Crippen LogP contribution in [0, 0.1) is 17.1 Å². The monoisotopic (exact) mass is 284 g/mol. The molecule has 2 aromatic carbocycles. The van der Waals surface area contributed by atoms with Gasteiger partial charge in [-0.2, -0.15) is 5.26 Å². The van der Waals surface area contributed by atoms with E-state index in [0.29, 0.717) is 17.7 Å². The number of nitrogens with zero attached hydrogens (tertiary/aromatic N) is 1. The minimum atomic E-state index is -0.362. The van der Waals surface area contributed by atoms with Crippen molar-refractivity contribution in [3.8, 4) is 11.8 Å². The number of hydrogen-bond acceptors (Lipinski definition) is 3. The van der Waals surface area contributed by atoms with E-state index in [-0.39, 0.29) is 11.9 Å². The summed E-state index contributed by atoms with van der Waals surface area (Å²) in [5.74, 6) is 0.435. The van der Waals surface area contributed by atoms with Crippen molar-refractivity contribution in [1.29, 1.82) is 5.26 Å². The summed E-state index contributed by atoms with van der Waals surface area (Å²) in [7, 11) is 1.63. The van der Waals surface area contributed by atoms with Gasteiger partial charge in [-0.25, -0.2) is 4.39 Å². The zero-order valence-electron chi connectivity index (χ0n) is 12.1. The predicted molar refractivity (Wildman–Crippen MR) is 79.4 cm³/mol. The SMILES string of the molecule is COc1cccc([C@H](C)NCc2ccc(C#N)cc2F)c1. The molecule has 1 N–H and O–H groups in total. The quantitative estimate of drug-likeness (QED) is 0.913. The minimum absolute atomic E-state index is 0.0649. The first-order valence-corrected chi connectivity index (χ1v) is 6.70. The van der Waals surface area contributed by atoms with Gasteiger partial charge in [-0.1, -0.05) is 18.2 Å². The second-order valence-corrected chi connectivity index (χ2v) is 4.80. The number of rotatable bonds is 5. The molecule has 0 heterocycles. The smallest absolute Gasteiger partial charge is 0.129 e. The lowest BCUT2D eigenvalue weighted by Crippen LogP contribution is -2.18. The van der Waals surface area contributed by atoms with Gasteiger partial charge in [0.2, 0.25) is 0 Å². The Bertz CT molecular complexity index is 664. The number of ether oxygens (including phenoxy) is 1. The third-order valence-electron chi connectivity index (χ3n) is 3.37. The highest BCUT2D eigenvalue weighted by atomic mass is 19.1. The van der Waals surface area contributed by atoms with Crippen LogP contribution in [0.3, 0.4) is 0 Å². The second-order valence-electron chi connectivity index (χ2n) is 4.80. The molecule has 108 valence electrons. The molecular weight excluding hydrogens is 267 g/mol. The Morgan fingerprint density at radius 1 is 1.29 bits per heavy atom. The number of halogens is 1. The molecule has 0 fully saturated rings. The fourth-order valence-corrected chi connectivity index (χ4v) is 2.05. The van der Waals surface area contributed by atoms with Gasteiger partial charge in [0.1, 0.15) is 11.6 Å². The molecule has 21 heavy (non-hydrogen) atoms. The number of nitrogens with one attached hydrogen (secondary N) is 1. The fraction of sp³-hybridized carbons (Fsp3) is 0.235. The third kappa shape index (κ3) is 3.80. The number of methoxy groups -OCH3 is 1. The van der Waals surface area contributed by atoms with E-state index in [1.165, 1.54) is 6.07 Å². The summed E-state index contributed by atoms with van der Waals surface area (Å²) in [6.07, 6.45) is 0. The maximum atomic E-state index is 13.8. The summed E-state index contributed by atoms with van der Waals surface area (Å²) in [5.41, 5.74) is 1.95. The molecule has 4 heteroatoms. The molecule has 0 aliphatic rings. The van der Waals surface area contributed by atoms with Gasteiger partial charge in [0.15, 0.2) is 0 Å². The standard InChI is InChI=1S/C17H17FN2O/c1-12(14-4-3-5-16(9-14)21-2)20-11-15-7-6-13(10-19)8-17(15)18/h3-9,12,20H,11H2,1-2H3/t12-/m0/s1. The summed E-state index contributed by atoms with van der Waals surface area (Å²) < 4.78 is 19.0. The molecule has 0 aliphatic carbocycles. The molecule has 3 nitrogen and oxygen atoms in total. The average Bonchev–Trinajstić information content (AvgIpc) is 2.53. The Morgan fingerprint density at radius 3 is 2.76 bits per heavy atom. The molecular formula is C17H17FN2O. The van der Waals surface area contributed by atoms with E-state index in [9.17, 15) is 4.39 Å². The van der Waals surface area contributed by atoms with E-state index in [0.717, 1.165) is 11.3 Å².